The first kappa shape index (κ1) is 14.3. The Labute approximate surface area is 109 Å². The summed E-state index contributed by atoms with van der Waals surface area (Å²) in [6.45, 7) is 6.11. The Balaban J connectivity index is 0.00000144. The molecule has 1 saturated heterocycles. The number of ether oxygens (including phenoxy) is 1. The average Bonchev–Trinajstić information content (AvgIpc) is 2.43. The molecule has 1 aromatic rings. The second kappa shape index (κ2) is 6.84. The molecular weight excluding hydrogens is 236 g/mol. The minimum absolute atomic E-state index is 0. The smallest absolute Gasteiger partial charge is 0.0674 e. The van der Waals surface area contributed by atoms with Gasteiger partial charge in [-0.1, -0.05) is 12.1 Å². The van der Waals surface area contributed by atoms with E-state index in [1.807, 2.05) is 12.1 Å². The molecular formula is C13H21ClN2O. The number of anilines is 1. The molecule has 1 unspecified atom stereocenters. The summed E-state index contributed by atoms with van der Waals surface area (Å²) in [4.78, 5) is 2.44. The molecule has 17 heavy (non-hydrogen) atoms. The van der Waals surface area contributed by atoms with E-state index in [2.05, 4.69) is 24.0 Å². The predicted molar refractivity (Wildman–Crippen MR) is 73.4 cm³/mol. The van der Waals surface area contributed by atoms with Crippen molar-refractivity contribution in [3.05, 3.63) is 29.8 Å². The fourth-order valence-electron chi connectivity index (χ4n) is 2.17. The normalized spacial score (nSPS) is 21.6. The van der Waals surface area contributed by atoms with E-state index in [1.54, 1.807) is 0 Å². The van der Waals surface area contributed by atoms with Crippen LogP contribution in [-0.4, -0.2) is 30.7 Å². The fourth-order valence-corrected chi connectivity index (χ4v) is 2.17. The second-order valence-electron chi connectivity index (χ2n) is 4.52. The van der Waals surface area contributed by atoms with Crippen LogP contribution in [0.4, 0.5) is 5.69 Å². The van der Waals surface area contributed by atoms with Gasteiger partial charge in [0.1, 0.15) is 0 Å². The molecule has 0 spiro atoms. The van der Waals surface area contributed by atoms with Gasteiger partial charge in [-0.3, -0.25) is 4.90 Å². The van der Waals surface area contributed by atoms with E-state index in [-0.39, 0.29) is 12.4 Å². The Morgan fingerprint density at radius 3 is 3.06 bits per heavy atom. The van der Waals surface area contributed by atoms with Gasteiger partial charge in [-0.15, -0.1) is 12.4 Å². The van der Waals surface area contributed by atoms with Crippen LogP contribution >= 0.6 is 12.4 Å². The van der Waals surface area contributed by atoms with Crippen molar-refractivity contribution >= 4 is 18.1 Å². The van der Waals surface area contributed by atoms with E-state index in [1.165, 1.54) is 5.56 Å². The van der Waals surface area contributed by atoms with Gasteiger partial charge >= 0.3 is 0 Å². The summed E-state index contributed by atoms with van der Waals surface area (Å²) >= 11 is 0. The van der Waals surface area contributed by atoms with Crippen molar-refractivity contribution in [1.29, 1.82) is 0 Å². The fraction of sp³-hybridized carbons (Fsp3) is 0.538. The van der Waals surface area contributed by atoms with E-state index in [4.69, 9.17) is 10.5 Å². The van der Waals surface area contributed by atoms with Gasteiger partial charge in [-0.2, -0.15) is 0 Å². The third-order valence-corrected chi connectivity index (χ3v) is 2.89. The Bertz CT molecular complexity index is 346. The Morgan fingerprint density at radius 1 is 1.47 bits per heavy atom. The lowest BCUT2D eigenvalue weighted by atomic mass is 10.2. The standard InChI is InChI=1S/C13H20N2O.ClH/c1-11-9-15(6-3-7-16-11)10-12-4-2-5-13(14)8-12;/h2,4-5,8,11H,3,6-7,9-10,14H2,1H3;1H. The first-order valence-electron chi connectivity index (χ1n) is 5.92. The summed E-state index contributed by atoms with van der Waals surface area (Å²) in [7, 11) is 0. The Kier molecular flexibility index (Phi) is 5.75. The van der Waals surface area contributed by atoms with Crippen molar-refractivity contribution in [3.8, 4) is 0 Å². The third kappa shape index (κ3) is 4.54. The van der Waals surface area contributed by atoms with Crippen molar-refractivity contribution in [2.75, 3.05) is 25.4 Å². The van der Waals surface area contributed by atoms with Crippen LogP contribution in [0, 0.1) is 0 Å². The molecule has 1 fully saturated rings. The molecule has 1 aliphatic rings. The number of nitrogen functional groups attached to an aromatic ring is 1. The molecule has 2 N–H and O–H groups in total. The second-order valence-corrected chi connectivity index (χ2v) is 4.52. The van der Waals surface area contributed by atoms with Crippen molar-refractivity contribution in [2.45, 2.75) is 26.0 Å². The predicted octanol–water partition coefficient (Wildman–Crippen LogP) is 2.30. The van der Waals surface area contributed by atoms with Crippen LogP contribution in [0.15, 0.2) is 24.3 Å². The molecule has 1 heterocycles. The summed E-state index contributed by atoms with van der Waals surface area (Å²) in [5, 5.41) is 0. The third-order valence-electron chi connectivity index (χ3n) is 2.89. The van der Waals surface area contributed by atoms with E-state index in [0.29, 0.717) is 6.10 Å². The molecule has 4 heteroatoms. The summed E-state index contributed by atoms with van der Waals surface area (Å²) in [5.41, 5.74) is 7.91. The lowest BCUT2D eigenvalue weighted by molar-refractivity contribution is 0.0668. The molecule has 0 radical (unpaired) electrons. The van der Waals surface area contributed by atoms with Gasteiger partial charge in [-0.05, 0) is 31.0 Å². The van der Waals surface area contributed by atoms with Gasteiger partial charge in [0.15, 0.2) is 0 Å². The highest BCUT2D eigenvalue weighted by Gasteiger charge is 2.14. The number of rotatable bonds is 2. The highest BCUT2D eigenvalue weighted by molar-refractivity contribution is 5.85. The number of benzene rings is 1. The highest BCUT2D eigenvalue weighted by atomic mass is 35.5. The van der Waals surface area contributed by atoms with Crippen molar-refractivity contribution in [1.82, 2.24) is 4.90 Å². The Morgan fingerprint density at radius 2 is 2.29 bits per heavy atom. The van der Waals surface area contributed by atoms with Crippen LogP contribution in [0.25, 0.3) is 0 Å². The summed E-state index contributed by atoms with van der Waals surface area (Å²) in [6.07, 6.45) is 1.45. The minimum Gasteiger partial charge on any atom is -0.399 e. The minimum atomic E-state index is 0. The zero-order chi connectivity index (χ0) is 11.4. The quantitative estimate of drug-likeness (QED) is 0.826. The van der Waals surface area contributed by atoms with Crippen LogP contribution in [0.1, 0.15) is 18.9 Å². The monoisotopic (exact) mass is 256 g/mol. The summed E-state index contributed by atoms with van der Waals surface area (Å²) in [5.74, 6) is 0. The highest BCUT2D eigenvalue weighted by Crippen LogP contribution is 2.12. The van der Waals surface area contributed by atoms with Gasteiger partial charge in [-0.25, -0.2) is 0 Å². The molecule has 0 aliphatic carbocycles. The maximum atomic E-state index is 5.78. The largest absolute Gasteiger partial charge is 0.399 e. The molecule has 0 aromatic heterocycles. The van der Waals surface area contributed by atoms with Gasteiger partial charge in [0.2, 0.25) is 0 Å². The molecule has 1 aliphatic heterocycles. The van der Waals surface area contributed by atoms with Crippen molar-refractivity contribution in [2.24, 2.45) is 0 Å². The van der Waals surface area contributed by atoms with Crippen molar-refractivity contribution < 1.29 is 4.74 Å². The maximum absolute atomic E-state index is 5.78. The molecule has 3 nitrogen and oxygen atoms in total. The zero-order valence-electron chi connectivity index (χ0n) is 10.3. The zero-order valence-corrected chi connectivity index (χ0v) is 11.1. The number of halogens is 1. The first-order chi connectivity index (χ1) is 7.74. The van der Waals surface area contributed by atoms with E-state index in [0.717, 1.165) is 38.3 Å². The molecule has 0 bridgehead atoms. The average molecular weight is 257 g/mol. The van der Waals surface area contributed by atoms with E-state index < -0.39 is 0 Å². The lowest BCUT2D eigenvalue weighted by Gasteiger charge is -2.21. The molecule has 1 atom stereocenters. The first-order valence-corrected chi connectivity index (χ1v) is 5.92. The van der Waals surface area contributed by atoms with Crippen LogP contribution in [0.2, 0.25) is 0 Å². The van der Waals surface area contributed by atoms with Crippen molar-refractivity contribution in [3.63, 3.8) is 0 Å². The number of hydrogen-bond donors (Lipinski definition) is 1. The molecule has 0 saturated carbocycles. The summed E-state index contributed by atoms with van der Waals surface area (Å²) < 4.78 is 5.63. The van der Waals surface area contributed by atoms with Gasteiger partial charge in [0.05, 0.1) is 6.10 Å². The van der Waals surface area contributed by atoms with E-state index >= 15 is 0 Å². The Hall–Kier alpha value is -0.770. The van der Waals surface area contributed by atoms with Crippen LogP contribution in [0.3, 0.4) is 0 Å². The molecule has 96 valence electrons. The molecule has 2 rings (SSSR count). The van der Waals surface area contributed by atoms with E-state index in [9.17, 15) is 0 Å². The van der Waals surface area contributed by atoms with Gasteiger partial charge in [0.25, 0.3) is 0 Å². The molecule has 0 amide bonds. The topological polar surface area (TPSA) is 38.5 Å². The molecule has 1 aromatic carbocycles. The van der Waals surface area contributed by atoms with Crippen LogP contribution < -0.4 is 5.73 Å². The van der Waals surface area contributed by atoms with Gasteiger partial charge in [0, 0.05) is 31.9 Å². The van der Waals surface area contributed by atoms with Crippen LogP contribution in [-0.2, 0) is 11.3 Å². The van der Waals surface area contributed by atoms with Gasteiger partial charge < -0.3 is 10.5 Å². The lowest BCUT2D eigenvalue weighted by Crippen LogP contribution is -2.29. The SMILES string of the molecule is CC1CN(Cc2cccc(N)c2)CCCO1.Cl. The maximum Gasteiger partial charge on any atom is 0.0674 e. The number of nitrogens with two attached hydrogens (primary N) is 1. The van der Waals surface area contributed by atoms with Crippen LogP contribution in [0.5, 0.6) is 0 Å². The number of nitrogens with zero attached hydrogens (tertiary/aromatic N) is 1. The number of hydrogen-bond acceptors (Lipinski definition) is 3. The summed E-state index contributed by atoms with van der Waals surface area (Å²) in [6, 6.07) is 8.13.